The first kappa shape index (κ1) is 24.7. The normalized spacial score (nSPS) is 11.1. The molecule has 3 rings (SSSR count). The maximum Gasteiger partial charge on any atom is 0.319 e. The van der Waals surface area contributed by atoms with E-state index in [0.717, 1.165) is 29.8 Å². The van der Waals surface area contributed by atoms with Crippen LogP contribution in [0.5, 0.6) is 0 Å². The highest BCUT2D eigenvalue weighted by atomic mass is 32.2. The first-order valence-corrected chi connectivity index (χ1v) is 11.9. The van der Waals surface area contributed by atoms with Gasteiger partial charge in [-0.2, -0.15) is 0 Å². The molecule has 3 amide bonds. The van der Waals surface area contributed by atoms with Crippen molar-refractivity contribution < 1.29 is 22.4 Å². The van der Waals surface area contributed by atoms with Crippen molar-refractivity contribution >= 4 is 33.3 Å². The molecule has 8 nitrogen and oxygen atoms in total. The molecule has 0 aromatic heterocycles. The summed E-state index contributed by atoms with van der Waals surface area (Å²) in [6.45, 7) is 3.91. The number of amides is 3. The van der Waals surface area contributed by atoms with Gasteiger partial charge in [-0.05, 0) is 67.9 Å². The Morgan fingerprint density at radius 3 is 2.21 bits per heavy atom. The van der Waals surface area contributed by atoms with Gasteiger partial charge in [0.1, 0.15) is 5.82 Å². The van der Waals surface area contributed by atoms with Gasteiger partial charge < -0.3 is 16.0 Å². The van der Waals surface area contributed by atoms with Crippen LogP contribution in [0.2, 0.25) is 0 Å². The minimum atomic E-state index is -4.01. The summed E-state index contributed by atoms with van der Waals surface area (Å²) in [4.78, 5) is 24.4. The van der Waals surface area contributed by atoms with Crippen LogP contribution >= 0.6 is 0 Å². The molecule has 0 aliphatic heterocycles. The lowest BCUT2D eigenvalue weighted by atomic mass is 10.1. The molecule has 0 unspecified atom stereocenters. The molecule has 0 radical (unpaired) electrons. The summed E-state index contributed by atoms with van der Waals surface area (Å²) in [5.74, 6) is -1.03. The molecule has 0 saturated heterocycles. The molecular weight excluding hydrogens is 459 g/mol. The molecule has 10 heteroatoms. The predicted octanol–water partition coefficient (Wildman–Crippen LogP) is 4.09. The molecule has 0 aliphatic rings. The van der Waals surface area contributed by atoms with Crippen molar-refractivity contribution in [1.82, 2.24) is 10.6 Å². The molecule has 0 spiro atoms. The number of nitrogens with one attached hydrogen (secondary N) is 4. The maximum atomic E-state index is 13.1. The van der Waals surface area contributed by atoms with Crippen molar-refractivity contribution in [1.29, 1.82) is 0 Å². The average Bonchev–Trinajstić information content (AvgIpc) is 2.78. The van der Waals surface area contributed by atoms with Gasteiger partial charge in [0.15, 0.2) is 0 Å². The summed E-state index contributed by atoms with van der Waals surface area (Å²) in [6, 6.07) is 17.2. The van der Waals surface area contributed by atoms with Crippen LogP contribution in [0.15, 0.2) is 77.7 Å². The van der Waals surface area contributed by atoms with Gasteiger partial charge in [-0.15, -0.1) is 0 Å². The smallest absolute Gasteiger partial charge is 0.319 e. The van der Waals surface area contributed by atoms with Crippen molar-refractivity contribution in [3.05, 3.63) is 89.7 Å². The molecule has 3 aromatic carbocycles. The highest BCUT2D eigenvalue weighted by molar-refractivity contribution is 7.92. The van der Waals surface area contributed by atoms with E-state index in [1.165, 1.54) is 12.1 Å². The zero-order valence-corrected chi connectivity index (χ0v) is 19.4. The molecule has 34 heavy (non-hydrogen) atoms. The van der Waals surface area contributed by atoms with E-state index in [2.05, 4.69) is 20.7 Å². The van der Waals surface area contributed by atoms with E-state index in [4.69, 9.17) is 0 Å². The second kappa shape index (κ2) is 10.8. The Bertz CT molecular complexity index is 1260. The third-order valence-corrected chi connectivity index (χ3v) is 6.01. The van der Waals surface area contributed by atoms with Crippen LogP contribution in [0.4, 0.5) is 20.6 Å². The van der Waals surface area contributed by atoms with Crippen LogP contribution in [0, 0.1) is 5.82 Å². The number of halogens is 1. The lowest BCUT2D eigenvalue weighted by Gasteiger charge is -2.13. The van der Waals surface area contributed by atoms with Gasteiger partial charge in [-0.25, -0.2) is 17.6 Å². The summed E-state index contributed by atoms with van der Waals surface area (Å²) in [5.41, 5.74) is 1.62. The summed E-state index contributed by atoms with van der Waals surface area (Å²) < 4.78 is 40.8. The lowest BCUT2D eigenvalue weighted by molar-refractivity contribution is 0.0951. The molecule has 0 saturated carbocycles. The Labute approximate surface area is 197 Å². The van der Waals surface area contributed by atoms with Crippen LogP contribution in [0.3, 0.4) is 0 Å². The van der Waals surface area contributed by atoms with Crippen LogP contribution in [0.1, 0.15) is 29.8 Å². The number of anilines is 2. The SMILES string of the molecule is CC(C)NC(=O)Nc1ccc(CNC(=O)c2ccccc2NS(=O)(=O)c2ccc(F)cc2)cc1. The molecule has 0 bridgehead atoms. The maximum absolute atomic E-state index is 13.1. The Kier molecular flexibility index (Phi) is 7.85. The van der Waals surface area contributed by atoms with Gasteiger partial charge in [0, 0.05) is 18.3 Å². The number of carbonyl (C=O) groups is 2. The van der Waals surface area contributed by atoms with Crippen molar-refractivity contribution in [2.24, 2.45) is 0 Å². The summed E-state index contributed by atoms with van der Waals surface area (Å²) in [5, 5.41) is 8.19. The van der Waals surface area contributed by atoms with Gasteiger partial charge in [-0.3, -0.25) is 9.52 Å². The first-order chi connectivity index (χ1) is 16.1. The lowest BCUT2D eigenvalue weighted by Crippen LogP contribution is -2.34. The number of urea groups is 1. The highest BCUT2D eigenvalue weighted by Gasteiger charge is 2.18. The monoisotopic (exact) mass is 484 g/mol. The molecule has 0 heterocycles. The van der Waals surface area contributed by atoms with Crippen LogP contribution < -0.4 is 20.7 Å². The van der Waals surface area contributed by atoms with Crippen molar-refractivity contribution in [2.75, 3.05) is 10.0 Å². The van der Waals surface area contributed by atoms with Gasteiger partial charge in [0.05, 0.1) is 16.1 Å². The van der Waals surface area contributed by atoms with E-state index < -0.39 is 21.7 Å². The number of rotatable bonds is 8. The molecule has 178 valence electrons. The topological polar surface area (TPSA) is 116 Å². The molecule has 0 aliphatic carbocycles. The Morgan fingerprint density at radius 2 is 1.56 bits per heavy atom. The number of hydrogen-bond donors (Lipinski definition) is 4. The number of benzene rings is 3. The Balaban J connectivity index is 1.65. The minimum absolute atomic E-state index is 0.0116. The second-order valence-corrected chi connectivity index (χ2v) is 9.42. The quantitative estimate of drug-likeness (QED) is 0.385. The predicted molar refractivity (Wildman–Crippen MR) is 129 cm³/mol. The Hall–Kier alpha value is -3.92. The van der Waals surface area contributed by atoms with Gasteiger partial charge in [0.2, 0.25) is 0 Å². The number of hydrogen-bond acceptors (Lipinski definition) is 4. The molecular formula is C24H25FN4O4S. The summed E-state index contributed by atoms with van der Waals surface area (Å²) in [6.07, 6.45) is 0. The third-order valence-electron chi connectivity index (χ3n) is 4.62. The fourth-order valence-corrected chi connectivity index (χ4v) is 4.08. The molecule has 0 fully saturated rings. The number of sulfonamides is 1. The van der Waals surface area contributed by atoms with Crippen molar-refractivity contribution in [2.45, 2.75) is 31.3 Å². The van der Waals surface area contributed by atoms with Crippen LogP contribution in [0.25, 0.3) is 0 Å². The summed E-state index contributed by atoms with van der Waals surface area (Å²) >= 11 is 0. The zero-order valence-electron chi connectivity index (χ0n) is 18.6. The minimum Gasteiger partial charge on any atom is -0.348 e. The summed E-state index contributed by atoms with van der Waals surface area (Å²) in [7, 11) is -4.01. The third kappa shape index (κ3) is 6.79. The van der Waals surface area contributed by atoms with E-state index >= 15 is 0 Å². The fourth-order valence-electron chi connectivity index (χ4n) is 3.00. The van der Waals surface area contributed by atoms with E-state index in [1.807, 2.05) is 13.8 Å². The number of para-hydroxylation sites is 1. The molecule has 4 N–H and O–H groups in total. The largest absolute Gasteiger partial charge is 0.348 e. The van der Waals surface area contributed by atoms with E-state index in [9.17, 15) is 22.4 Å². The van der Waals surface area contributed by atoms with E-state index in [0.29, 0.717) is 5.69 Å². The molecule has 0 atom stereocenters. The fraction of sp³-hybridized carbons (Fsp3) is 0.167. The molecule has 3 aromatic rings. The van der Waals surface area contributed by atoms with Crippen LogP contribution in [-0.2, 0) is 16.6 Å². The Morgan fingerprint density at radius 1 is 0.912 bits per heavy atom. The highest BCUT2D eigenvalue weighted by Crippen LogP contribution is 2.21. The van der Waals surface area contributed by atoms with Crippen molar-refractivity contribution in [3.63, 3.8) is 0 Å². The van der Waals surface area contributed by atoms with E-state index in [-0.39, 0.29) is 34.8 Å². The van der Waals surface area contributed by atoms with Crippen molar-refractivity contribution in [3.8, 4) is 0 Å². The van der Waals surface area contributed by atoms with Crippen LogP contribution in [-0.4, -0.2) is 26.4 Å². The standard InChI is InChI=1S/C24H25FN4O4S/c1-16(2)27-24(31)28-19-11-7-17(8-12-19)15-26-23(30)21-5-3-4-6-22(21)29-34(32,33)20-13-9-18(25)10-14-20/h3-14,16,29H,15H2,1-2H3,(H,26,30)(H2,27,28,31). The zero-order chi connectivity index (χ0) is 24.7. The van der Waals surface area contributed by atoms with Gasteiger partial charge in [0.25, 0.3) is 15.9 Å². The van der Waals surface area contributed by atoms with Gasteiger partial charge >= 0.3 is 6.03 Å². The average molecular weight is 485 g/mol. The van der Waals surface area contributed by atoms with E-state index in [1.54, 1.807) is 36.4 Å². The number of carbonyl (C=O) groups excluding carboxylic acids is 2. The second-order valence-electron chi connectivity index (χ2n) is 7.74. The van der Waals surface area contributed by atoms with Gasteiger partial charge in [-0.1, -0.05) is 24.3 Å². The first-order valence-electron chi connectivity index (χ1n) is 10.5.